The zero-order chi connectivity index (χ0) is 13.8. The Morgan fingerprint density at radius 2 is 1.89 bits per heavy atom. The molecule has 0 aliphatic rings. The number of hydrogen-bond donors (Lipinski definition) is 0. The summed E-state index contributed by atoms with van der Waals surface area (Å²) in [7, 11) is 1.58. The molecule has 0 unspecified atom stereocenters. The molecule has 2 rings (SSSR count). The van der Waals surface area contributed by atoms with Crippen molar-refractivity contribution >= 4 is 11.6 Å². The Hall–Kier alpha value is -2.67. The van der Waals surface area contributed by atoms with Crippen LogP contribution in [0.15, 0.2) is 48.5 Å². The van der Waals surface area contributed by atoms with Crippen LogP contribution in [0.3, 0.4) is 0 Å². The molecule has 0 aliphatic heterocycles. The molecule has 0 aromatic heterocycles. The quantitative estimate of drug-likeness (QED) is 0.827. The highest BCUT2D eigenvalue weighted by Crippen LogP contribution is 2.17. The van der Waals surface area contributed by atoms with E-state index in [4.69, 9.17) is 5.26 Å². The van der Waals surface area contributed by atoms with E-state index in [1.54, 1.807) is 43.4 Å². The molecule has 94 valence electrons. The Labute approximate surface area is 110 Å². The van der Waals surface area contributed by atoms with Gasteiger partial charge in [0.1, 0.15) is 5.82 Å². The van der Waals surface area contributed by atoms with E-state index in [9.17, 15) is 9.18 Å². The number of nitriles is 1. The van der Waals surface area contributed by atoms with Crippen LogP contribution in [-0.4, -0.2) is 13.0 Å². The van der Waals surface area contributed by atoms with E-state index in [0.717, 1.165) is 0 Å². The minimum Gasteiger partial charge on any atom is -0.311 e. The fourth-order valence-corrected chi connectivity index (χ4v) is 1.68. The molecule has 0 radical (unpaired) electrons. The first kappa shape index (κ1) is 12.8. The molecular weight excluding hydrogens is 243 g/mol. The van der Waals surface area contributed by atoms with E-state index in [1.165, 1.54) is 17.0 Å². The monoisotopic (exact) mass is 254 g/mol. The lowest BCUT2D eigenvalue weighted by Gasteiger charge is -2.17. The van der Waals surface area contributed by atoms with Crippen molar-refractivity contribution < 1.29 is 9.18 Å². The van der Waals surface area contributed by atoms with Gasteiger partial charge in [0.25, 0.3) is 5.91 Å². The maximum absolute atomic E-state index is 13.1. The zero-order valence-corrected chi connectivity index (χ0v) is 10.3. The Morgan fingerprint density at radius 1 is 1.21 bits per heavy atom. The predicted molar refractivity (Wildman–Crippen MR) is 70.3 cm³/mol. The molecule has 0 saturated heterocycles. The summed E-state index contributed by atoms with van der Waals surface area (Å²) >= 11 is 0. The van der Waals surface area contributed by atoms with Gasteiger partial charge in [0.15, 0.2) is 0 Å². The fourth-order valence-electron chi connectivity index (χ4n) is 1.68. The molecule has 0 saturated carbocycles. The Morgan fingerprint density at radius 3 is 2.47 bits per heavy atom. The van der Waals surface area contributed by atoms with Crippen LogP contribution < -0.4 is 4.90 Å². The Kier molecular flexibility index (Phi) is 3.58. The summed E-state index contributed by atoms with van der Waals surface area (Å²) in [5, 5.41) is 8.70. The molecule has 2 aromatic carbocycles. The summed E-state index contributed by atoms with van der Waals surface area (Å²) in [6.45, 7) is 0. The van der Waals surface area contributed by atoms with Crippen molar-refractivity contribution in [3.63, 3.8) is 0 Å². The Bertz CT molecular complexity index is 644. The molecule has 2 aromatic rings. The highest BCUT2D eigenvalue weighted by molar-refractivity contribution is 6.05. The molecule has 0 heterocycles. The summed E-state index contributed by atoms with van der Waals surface area (Å²) < 4.78 is 13.1. The van der Waals surface area contributed by atoms with E-state index in [0.29, 0.717) is 16.8 Å². The third-order valence-electron chi connectivity index (χ3n) is 2.76. The van der Waals surface area contributed by atoms with Gasteiger partial charge in [-0.25, -0.2) is 4.39 Å². The minimum absolute atomic E-state index is 0.255. The minimum atomic E-state index is -0.392. The standard InChI is InChI=1S/C15H11FN2O/c1-18(14-4-2-3-13(16)9-14)15(19)12-7-5-11(10-17)6-8-12/h2-9H,1H3. The van der Waals surface area contributed by atoms with Crippen LogP contribution in [-0.2, 0) is 0 Å². The van der Waals surface area contributed by atoms with Crippen LogP contribution >= 0.6 is 0 Å². The van der Waals surface area contributed by atoms with Crippen molar-refractivity contribution in [3.8, 4) is 6.07 Å². The van der Waals surface area contributed by atoms with Crippen molar-refractivity contribution in [2.75, 3.05) is 11.9 Å². The molecule has 3 nitrogen and oxygen atoms in total. The van der Waals surface area contributed by atoms with Gasteiger partial charge < -0.3 is 4.90 Å². The number of hydrogen-bond acceptors (Lipinski definition) is 2. The second kappa shape index (κ2) is 5.32. The highest BCUT2D eigenvalue weighted by atomic mass is 19.1. The van der Waals surface area contributed by atoms with Gasteiger partial charge in [-0.15, -0.1) is 0 Å². The van der Waals surface area contributed by atoms with Crippen LogP contribution in [0.1, 0.15) is 15.9 Å². The maximum atomic E-state index is 13.1. The van der Waals surface area contributed by atoms with Crippen LogP contribution in [0.4, 0.5) is 10.1 Å². The molecule has 0 fully saturated rings. The molecule has 4 heteroatoms. The lowest BCUT2D eigenvalue weighted by Crippen LogP contribution is -2.26. The number of amides is 1. The van der Waals surface area contributed by atoms with Crippen molar-refractivity contribution in [3.05, 3.63) is 65.5 Å². The fraction of sp³-hybridized carbons (Fsp3) is 0.0667. The molecular formula is C15H11FN2O. The molecule has 0 atom stereocenters. The summed E-state index contributed by atoms with van der Waals surface area (Å²) in [6.07, 6.45) is 0. The predicted octanol–water partition coefficient (Wildman–Crippen LogP) is 2.97. The van der Waals surface area contributed by atoms with E-state index in [-0.39, 0.29) is 5.91 Å². The Balaban J connectivity index is 2.26. The van der Waals surface area contributed by atoms with Gasteiger partial charge >= 0.3 is 0 Å². The number of carbonyl (C=O) groups is 1. The van der Waals surface area contributed by atoms with Crippen molar-refractivity contribution in [1.82, 2.24) is 0 Å². The molecule has 0 spiro atoms. The third-order valence-corrected chi connectivity index (χ3v) is 2.76. The van der Waals surface area contributed by atoms with E-state index < -0.39 is 5.82 Å². The lowest BCUT2D eigenvalue weighted by molar-refractivity contribution is 0.0993. The smallest absolute Gasteiger partial charge is 0.258 e. The van der Waals surface area contributed by atoms with Gasteiger partial charge in [-0.3, -0.25) is 4.79 Å². The van der Waals surface area contributed by atoms with Crippen LogP contribution in [0.5, 0.6) is 0 Å². The molecule has 0 aliphatic carbocycles. The first-order chi connectivity index (χ1) is 9.11. The average molecular weight is 254 g/mol. The van der Waals surface area contributed by atoms with Crippen LogP contribution in [0.2, 0.25) is 0 Å². The number of rotatable bonds is 2. The van der Waals surface area contributed by atoms with Crippen LogP contribution in [0.25, 0.3) is 0 Å². The van der Waals surface area contributed by atoms with Crippen LogP contribution in [0, 0.1) is 17.1 Å². The third kappa shape index (κ3) is 2.78. The maximum Gasteiger partial charge on any atom is 0.258 e. The van der Waals surface area contributed by atoms with Gasteiger partial charge in [0.05, 0.1) is 11.6 Å². The van der Waals surface area contributed by atoms with Crippen molar-refractivity contribution in [2.45, 2.75) is 0 Å². The van der Waals surface area contributed by atoms with E-state index in [2.05, 4.69) is 0 Å². The summed E-state index contributed by atoms with van der Waals surface area (Å²) in [4.78, 5) is 13.5. The lowest BCUT2D eigenvalue weighted by atomic mass is 10.1. The van der Waals surface area contributed by atoms with Gasteiger partial charge in [-0.1, -0.05) is 6.07 Å². The topological polar surface area (TPSA) is 44.1 Å². The molecule has 1 amide bonds. The second-order valence-corrected chi connectivity index (χ2v) is 4.03. The first-order valence-electron chi connectivity index (χ1n) is 5.65. The average Bonchev–Trinajstić information content (AvgIpc) is 2.46. The largest absolute Gasteiger partial charge is 0.311 e. The number of benzene rings is 2. The van der Waals surface area contributed by atoms with Crippen molar-refractivity contribution in [1.29, 1.82) is 5.26 Å². The van der Waals surface area contributed by atoms with Gasteiger partial charge in [-0.05, 0) is 42.5 Å². The highest BCUT2D eigenvalue weighted by Gasteiger charge is 2.13. The number of carbonyl (C=O) groups excluding carboxylic acids is 1. The number of nitrogens with zero attached hydrogens (tertiary/aromatic N) is 2. The summed E-state index contributed by atoms with van der Waals surface area (Å²) in [6, 6.07) is 14.1. The van der Waals surface area contributed by atoms with Crippen molar-refractivity contribution in [2.24, 2.45) is 0 Å². The number of anilines is 1. The molecule has 0 N–H and O–H groups in total. The summed E-state index contributed by atoms with van der Waals surface area (Å²) in [5.41, 5.74) is 1.42. The van der Waals surface area contributed by atoms with E-state index in [1.807, 2.05) is 6.07 Å². The van der Waals surface area contributed by atoms with Gasteiger partial charge in [-0.2, -0.15) is 5.26 Å². The SMILES string of the molecule is CN(C(=O)c1ccc(C#N)cc1)c1cccc(F)c1. The molecule has 19 heavy (non-hydrogen) atoms. The van der Waals surface area contributed by atoms with Gasteiger partial charge in [0, 0.05) is 18.3 Å². The first-order valence-corrected chi connectivity index (χ1v) is 5.65. The zero-order valence-electron chi connectivity index (χ0n) is 10.3. The molecule has 0 bridgehead atoms. The number of halogens is 1. The van der Waals surface area contributed by atoms with Gasteiger partial charge in [0.2, 0.25) is 0 Å². The van der Waals surface area contributed by atoms with E-state index >= 15 is 0 Å². The summed E-state index contributed by atoms with van der Waals surface area (Å²) in [5.74, 6) is -0.646. The normalized spacial score (nSPS) is 9.74. The second-order valence-electron chi connectivity index (χ2n) is 4.03.